The van der Waals surface area contributed by atoms with E-state index in [2.05, 4.69) is 10.3 Å². The van der Waals surface area contributed by atoms with Crippen LogP contribution < -0.4 is 5.32 Å². The number of carbonyl (C=O) groups is 1. The lowest BCUT2D eigenvalue weighted by molar-refractivity contribution is 0.0941. The van der Waals surface area contributed by atoms with Crippen LogP contribution in [0.5, 0.6) is 0 Å². The molecule has 4 nitrogen and oxygen atoms in total. The monoisotopic (exact) mass is 353 g/mol. The maximum atomic E-state index is 12.8. The van der Waals surface area contributed by atoms with Gasteiger partial charge in [0, 0.05) is 30.0 Å². The Bertz CT molecular complexity index is 900. The fourth-order valence-electron chi connectivity index (χ4n) is 2.70. The summed E-state index contributed by atoms with van der Waals surface area (Å²) in [7, 11) is 1.91. The van der Waals surface area contributed by atoms with Gasteiger partial charge in [-0.2, -0.15) is 0 Å². The molecule has 1 atom stereocenters. The number of hydrogen-bond donors (Lipinski definition) is 1. The molecule has 1 aromatic heterocycles. The second-order valence-corrected chi connectivity index (χ2v) is 6.59. The first-order chi connectivity index (χ1) is 12.0. The predicted octanol–water partition coefficient (Wildman–Crippen LogP) is 4.21. The van der Waals surface area contributed by atoms with E-state index in [-0.39, 0.29) is 11.9 Å². The minimum absolute atomic E-state index is 0.133. The standard InChI is InChI=1S/C20H20ClN3O/c1-13-4-5-16(12-14(13)2)20(25)23-18(19-22-10-11-24(19)3)15-6-8-17(21)9-7-15/h4-12,18H,1-3H3,(H,23,25)/t18-/m0/s1. The third-order valence-electron chi connectivity index (χ3n) is 4.36. The Hall–Kier alpha value is -2.59. The molecule has 1 N–H and O–H groups in total. The first kappa shape index (κ1) is 17.2. The van der Waals surface area contributed by atoms with Crippen LogP contribution in [-0.2, 0) is 7.05 Å². The Balaban J connectivity index is 1.94. The number of aryl methyl sites for hydroxylation is 3. The fourth-order valence-corrected chi connectivity index (χ4v) is 2.83. The molecule has 2 aromatic carbocycles. The number of carbonyl (C=O) groups excluding carboxylic acids is 1. The van der Waals surface area contributed by atoms with Crippen LogP contribution in [0.2, 0.25) is 5.02 Å². The second-order valence-electron chi connectivity index (χ2n) is 6.15. The van der Waals surface area contributed by atoms with Crippen molar-refractivity contribution in [2.45, 2.75) is 19.9 Å². The van der Waals surface area contributed by atoms with E-state index in [9.17, 15) is 4.79 Å². The van der Waals surface area contributed by atoms with E-state index >= 15 is 0 Å². The molecular formula is C20H20ClN3O. The smallest absolute Gasteiger partial charge is 0.252 e. The van der Waals surface area contributed by atoms with Crippen molar-refractivity contribution in [3.05, 3.63) is 88.0 Å². The van der Waals surface area contributed by atoms with E-state index in [1.54, 1.807) is 6.20 Å². The normalized spacial score (nSPS) is 12.0. The highest BCUT2D eigenvalue weighted by atomic mass is 35.5. The molecule has 0 unspecified atom stereocenters. The zero-order chi connectivity index (χ0) is 18.0. The van der Waals surface area contributed by atoms with Crippen LogP contribution in [0.25, 0.3) is 0 Å². The number of imidazole rings is 1. The number of nitrogens with zero attached hydrogens (tertiary/aromatic N) is 2. The van der Waals surface area contributed by atoms with E-state index in [1.807, 2.05) is 74.1 Å². The maximum Gasteiger partial charge on any atom is 0.252 e. The Morgan fingerprint density at radius 1 is 1.12 bits per heavy atom. The average molecular weight is 354 g/mol. The molecule has 0 saturated carbocycles. The highest BCUT2D eigenvalue weighted by Crippen LogP contribution is 2.23. The van der Waals surface area contributed by atoms with Crippen LogP contribution in [-0.4, -0.2) is 15.5 Å². The minimum atomic E-state index is -0.355. The summed E-state index contributed by atoms with van der Waals surface area (Å²) >= 11 is 6.00. The Kier molecular flexibility index (Phi) is 4.91. The molecular weight excluding hydrogens is 334 g/mol. The summed E-state index contributed by atoms with van der Waals surface area (Å²) in [6.07, 6.45) is 3.58. The van der Waals surface area contributed by atoms with Crippen molar-refractivity contribution in [3.63, 3.8) is 0 Å². The molecule has 3 rings (SSSR count). The minimum Gasteiger partial charge on any atom is -0.338 e. The highest BCUT2D eigenvalue weighted by molar-refractivity contribution is 6.30. The van der Waals surface area contributed by atoms with Gasteiger partial charge in [0.25, 0.3) is 5.91 Å². The molecule has 0 radical (unpaired) electrons. The third-order valence-corrected chi connectivity index (χ3v) is 4.62. The van der Waals surface area contributed by atoms with Crippen LogP contribution in [0, 0.1) is 13.8 Å². The summed E-state index contributed by atoms with van der Waals surface area (Å²) in [5.41, 5.74) is 3.81. The summed E-state index contributed by atoms with van der Waals surface area (Å²) in [6, 6.07) is 12.8. The van der Waals surface area contributed by atoms with Crippen LogP contribution >= 0.6 is 11.6 Å². The summed E-state index contributed by atoms with van der Waals surface area (Å²) in [5.74, 6) is 0.630. The van der Waals surface area contributed by atoms with Crippen LogP contribution in [0.3, 0.4) is 0 Å². The molecule has 0 bridgehead atoms. The first-order valence-corrected chi connectivity index (χ1v) is 8.44. The van der Waals surface area contributed by atoms with Gasteiger partial charge in [0.15, 0.2) is 0 Å². The van der Waals surface area contributed by atoms with Crippen molar-refractivity contribution in [1.29, 1.82) is 0 Å². The van der Waals surface area contributed by atoms with E-state index in [1.165, 1.54) is 0 Å². The van der Waals surface area contributed by atoms with Crippen LogP contribution in [0.4, 0.5) is 0 Å². The summed E-state index contributed by atoms with van der Waals surface area (Å²) in [6.45, 7) is 4.03. The average Bonchev–Trinajstić information content (AvgIpc) is 3.01. The molecule has 25 heavy (non-hydrogen) atoms. The quantitative estimate of drug-likeness (QED) is 0.763. The van der Waals surface area contributed by atoms with E-state index in [4.69, 9.17) is 11.6 Å². The molecule has 0 aliphatic carbocycles. The fraction of sp³-hybridized carbons (Fsp3) is 0.200. The van der Waals surface area contributed by atoms with Crippen molar-refractivity contribution in [1.82, 2.24) is 14.9 Å². The van der Waals surface area contributed by atoms with E-state index in [0.717, 1.165) is 22.5 Å². The Morgan fingerprint density at radius 2 is 1.84 bits per heavy atom. The van der Waals surface area contributed by atoms with Crippen LogP contribution in [0.1, 0.15) is 38.9 Å². The van der Waals surface area contributed by atoms with Gasteiger partial charge in [-0.05, 0) is 54.8 Å². The lowest BCUT2D eigenvalue weighted by Crippen LogP contribution is -2.31. The molecule has 0 aliphatic heterocycles. The number of halogens is 1. The van der Waals surface area contributed by atoms with Gasteiger partial charge < -0.3 is 9.88 Å². The summed E-state index contributed by atoms with van der Waals surface area (Å²) in [4.78, 5) is 17.2. The van der Waals surface area contributed by atoms with Gasteiger partial charge >= 0.3 is 0 Å². The molecule has 0 aliphatic rings. The number of rotatable bonds is 4. The van der Waals surface area contributed by atoms with Gasteiger partial charge in [-0.3, -0.25) is 4.79 Å². The van der Waals surface area contributed by atoms with Gasteiger partial charge in [0.2, 0.25) is 0 Å². The Morgan fingerprint density at radius 3 is 2.44 bits per heavy atom. The molecule has 0 fully saturated rings. The van der Waals surface area contributed by atoms with Crippen LogP contribution in [0.15, 0.2) is 54.9 Å². The lowest BCUT2D eigenvalue weighted by Gasteiger charge is -2.19. The number of nitrogens with one attached hydrogen (secondary N) is 1. The Labute approximate surface area is 152 Å². The SMILES string of the molecule is Cc1ccc(C(=O)N[C@@H](c2ccc(Cl)cc2)c2nccn2C)cc1C. The number of amides is 1. The lowest BCUT2D eigenvalue weighted by atomic mass is 10.0. The topological polar surface area (TPSA) is 46.9 Å². The largest absolute Gasteiger partial charge is 0.338 e. The number of aromatic nitrogens is 2. The maximum absolute atomic E-state index is 12.8. The van der Waals surface area contributed by atoms with Gasteiger partial charge in [-0.15, -0.1) is 0 Å². The van der Waals surface area contributed by atoms with Gasteiger partial charge in [-0.25, -0.2) is 4.98 Å². The molecule has 5 heteroatoms. The van der Waals surface area contributed by atoms with Gasteiger partial charge in [-0.1, -0.05) is 29.8 Å². The van der Waals surface area contributed by atoms with Crippen molar-refractivity contribution in [3.8, 4) is 0 Å². The second kappa shape index (κ2) is 7.11. The third kappa shape index (κ3) is 3.74. The molecule has 0 spiro atoms. The zero-order valence-electron chi connectivity index (χ0n) is 14.5. The van der Waals surface area contributed by atoms with Gasteiger partial charge in [0.1, 0.15) is 11.9 Å². The predicted molar refractivity (Wildman–Crippen MR) is 99.9 cm³/mol. The molecule has 1 amide bonds. The molecule has 128 valence electrons. The molecule has 0 saturated heterocycles. The first-order valence-electron chi connectivity index (χ1n) is 8.06. The highest BCUT2D eigenvalue weighted by Gasteiger charge is 2.21. The van der Waals surface area contributed by atoms with Crippen molar-refractivity contribution in [2.75, 3.05) is 0 Å². The van der Waals surface area contributed by atoms with E-state index < -0.39 is 0 Å². The molecule has 3 aromatic rings. The number of benzene rings is 2. The van der Waals surface area contributed by atoms with Gasteiger partial charge in [0.05, 0.1) is 0 Å². The van der Waals surface area contributed by atoms with Crippen molar-refractivity contribution >= 4 is 17.5 Å². The van der Waals surface area contributed by atoms with E-state index in [0.29, 0.717) is 10.6 Å². The number of hydrogen-bond acceptors (Lipinski definition) is 2. The summed E-state index contributed by atoms with van der Waals surface area (Å²) in [5, 5.41) is 3.75. The van der Waals surface area contributed by atoms with Crippen molar-refractivity contribution < 1.29 is 4.79 Å². The summed E-state index contributed by atoms with van der Waals surface area (Å²) < 4.78 is 1.90. The molecule has 1 heterocycles. The van der Waals surface area contributed by atoms with Crippen molar-refractivity contribution in [2.24, 2.45) is 7.05 Å². The zero-order valence-corrected chi connectivity index (χ0v) is 15.2.